The van der Waals surface area contributed by atoms with Crippen molar-refractivity contribution in [3.05, 3.63) is 29.8 Å². The molecule has 1 aliphatic heterocycles. The van der Waals surface area contributed by atoms with Crippen molar-refractivity contribution in [2.45, 2.75) is 25.1 Å². The maximum atomic E-state index is 11.4. The second-order valence-electron chi connectivity index (χ2n) is 4.28. The van der Waals surface area contributed by atoms with Crippen LogP contribution in [0.2, 0.25) is 0 Å². The number of hydrogen-bond acceptors (Lipinski definition) is 3. The van der Waals surface area contributed by atoms with Gasteiger partial charge in [-0.15, -0.1) is 11.6 Å². The van der Waals surface area contributed by atoms with Gasteiger partial charge >= 0.3 is 0 Å². The molecule has 2 rings (SSSR count). The molecule has 0 aliphatic carbocycles. The highest BCUT2D eigenvalue weighted by Crippen LogP contribution is 2.14. The van der Waals surface area contributed by atoms with E-state index in [4.69, 9.17) is 11.6 Å². The monoisotopic (exact) mass is 279 g/mol. The van der Waals surface area contributed by atoms with Crippen LogP contribution in [0.5, 0.6) is 0 Å². The molecule has 1 aliphatic rings. The van der Waals surface area contributed by atoms with Gasteiger partial charge in [0.1, 0.15) is 5.38 Å². The molecule has 1 aromatic rings. The summed E-state index contributed by atoms with van der Waals surface area (Å²) in [6.45, 7) is 1.62. The van der Waals surface area contributed by atoms with Crippen molar-refractivity contribution < 1.29 is 9.59 Å². The van der Waals surface area contributed by atoms with Crippen LogP contribution in [0, 0.1) is 0 Å². The van der Waals surface area contributed by atoms with E-state index >= 15 is 0 Å². The lowest BCUT2D eigenvalue weighted by molar-refractivity contribution is -0.121. The van der Waals surface area contributed by atoms with Crippen LogP contribution in [-0.4, -0.2) is 22.9 Å². The van der Waals surface area contributed by atoms with E-state index in [1.165, 1.54) is 0 Å². The molecule has 0 unspecified atom stereocenters. The third-order valence-electron chi connectivity index (χ3n) is 2.75. The number of hydrogen-bond donors (Lipinski definition) is 2. The first-order chi connectivity index (χ1) is 9.06. The van der Waals surface area contributed by atoms with E-state index < -0.39 is 5.38 Å². The van der Waals surface area contributed by atoms with Crippen LogP contribution in [0.3, 0.4) is 0 Å². The number of carbonyl (C=O) groups is 2. The average molecular weight is 280 g/mol. The first-order valence-electron chi connectivity index (χ1n) is 5.97. The second-order valence-corrected chi connectivity index (χ2v) is 4.93. The lowest BCUT2D eigenvalue weighted by Gasteiger charge is -2.12. The molecule has 0 bridgehead atoms. The lowest BCUT2D eigenvalue weighted by atomic mass is 10.0. The van der Waals surface area contributed by atoms with Crippen molar-refractivity contribution in [2.75, 3.05) is 5.32 Å². The molecule has 0 radical (unpaired) electrons. The molecule has 19 heavy (non-hydrogen) atoms. The summed E-state index contributed by atoms with van der Waals surface area (Å²) < 4.78 is 0. The fourth-order valence-corrected chi connectivity index (χ4v) is 1.72. The molecule has 0 fully saturated rings. The van der Waals surface area contributed by atoms with Crippen molar-refractivity contribution >= 4 is 34.8 Å². The summed E-state index contributed by atoms with van der Waals surface area (Å²) in [6, 6.07) is 7.27. The van der Waals surface area contributed by atoms with Gasteiger partial charge in [0.05, 0.1) is 5.71 Å². The third kappa shape index (κ3) is 3.54. The minimum absolute atomic E-state index is 0.0660. The summed E-state index contributed by atoms with van der Waals surface area (Å²) in [4.78, 5) is 22.4. The van der Waals surface area contributed by atoms with Gasteiger partial charge < -0.3 is 5.32 Å². The molecule has 100 valence electrons. The van der Waals surface area contributed by atoms with E-state index in [0.717, 1.165) is 11.3 Å². The van der Waals surface area contributed by atoms with E-state index in [1.807, 2.05) is 12.1 Å². The minimum Gasteiger partial charge on any atom is -0.325 e. The quantitative estimate of drug-likeness (QED) is 0.829. The lowest BCUT2D eigenvalue weighted by Crippen LogP contribution is -2.25. The molecule has 2 amide bonds. The average Bonchev–Trinajstić information content (AvgIpc) is 2.40. The molecule has 1 heterocycles. The number of amides is 2. The maximum Gasteiger partial charge on any atom is 0.242 e. The smallest absolute Gasteiger partial charge is 0.242 e. The third-order valence-corrected chi connectivity index (χ3v) is 2.95. The van der Waals surface area contributed by atoms with Crippen molar-refractivity contribution in [3.63, 3.8) is 0 Å². The molecule has 1 aromatic carbocycles. The number of rotatable bonds is 3. The molecule has 0 saturated carbocycles. The standard InChI is InChI=1S/C13H14ClN3O2/c1-8(14)13(19)15-10-4-2-9(3-5-10)11-6-7-12(18)17-16-11/h2-5,8H,6-7H2,1H3,(H,15,19)(H,17,18)/t8-/m1/s1. The molecular formula is C13H14ClN3O2. The van der Waals surface area contributed by atoms with Gasteiger partial charge in [0.25, 0.3) is 0 Å². The van der Waals surface area contributed by atoms with Crippen LogP contribution in [0.1, 0.15) is 25.3 Å². The zero-order valence-corrected chi connectivity index (χ0v) is 11.2. The first kappa shape index (κ1) is 13.5. The zero-order valence-electron chi connectivity index (χ0n) is 10.4. The van der Waals surface area contributed by atoms with Crippen molar-refractivity contribution in [1.29, 1.82) is 0 Å². The van der Waals surface area contributed by atoms with Gasteiger partial charge in [-0.2, -0.15) is 5.10 Å². The highest BCUT2D eigenvalue weighted by atomic mass is 35.5. The van der Waals surface area contributed by atoms with E-state index in [9.17, 15) is 9.59 Å². The highest BCUT2D eigenvalue weighted by molar-refractivity contribution is 6.32. The topological polar surface area (TPSA) is 70.6 Å². The van der Waals surface area contributed by atoms with Crippen LogP contribution < -0.4 is 10.7 Å². The zero-order chi connectivity index (χ0) is 13.8. The predicted octanol–water partition coefficient (Wildman–Crippen LogP) is 1.87. The Bertz CT molecular complexity index is 523. The normalized spacial score (nSPS) is 16.3. The Kier molecular flexibility index (Phi) is 4.16. The SMILES string of the molecule is C[C@@H](Cl)C(=O)Nc1ccc(C2=NNC(=O)CC2)cc1. The molecule has 1 atom stereocenters. The summed E-state index contributed by atoms with van der Waals surface area (Å²) in [5.41, 5.74) is 4.90. The van der Waals surface area contributed by atoms with Crippen molar-refractivity contribution in [2.24, 2.45) is 5.10 Å². The van der Waals surface area contributed by atoms with Gasteiger partial charge in [0.2, 0.25) is 11.8 Å². The summed E-state index contributed by atoms with van der Waals surface area (Å²) in [7, 11) is 0. The Hall–Kier alpha value is -1.88. The maximum absolute atomic E-state index is 11.4. The Labute approximate surface area is 116 Å². The number of nitrogens with zero attached hydrogens (tertiary/aromatic N) is 1. The molecule has 0 spiro atoms. The number of nitrogens with one attached hydrogen (secondary N) is 2. The largest absolute Gasteiger partial charge is 0.325 e. The number of alkyl halides is 1. The number of benzene rings is 1. The van der Waals surface area contributed by atoms with Gasteiger partial charge in [-0.1, -0.05) is 12.1 Å². The van der Waals surface area contributed by atoms with E-state index in [2.05, 4.69) is 15.8 Å². The summed E-state index contributed by atoms with van der Waals surface area (Å²) in [6.07, 6.45) is 1.07. The molecule has 2 N–H and O–H groups in total. The van der Waals surface area contributed by atoms with Gasteiger partial charge in [0, 0.05) is 18.5 Å². The summed E-state index contributed by atoms with van der Waals surface area (Å²) >= 11 is 5.67. The van der Waals surface area contributed by atoms with Crippen LogP contribution >= 0.6 is 11.6 Å². The van der Waals surface area contributed by atoms with Crippen molar-refractivity contribution in [3.8, 4) is 0 Å². The molecule has 0 aromatic heterocycles. The summed E-state index contributed by atoms with van der Waals surface area (Å²) in [5.74, 6) is -0.305. The predicted molar refractivity (Wildman–Crippen MR) is 74.3 cm³/mol. The Morgan fingerprint density at radius 3 is 2.58 bits per heavy atom. The van der Waals surface area contributed by atoms with E-state index in [-0.39, 0.29) is 11.8 Å². The highest BCUT2D eigenvalue weighted by Gasteiger charge is 2.13. The molecule has 6 heteroatoms. The Morgan fingerprint density at radius 1 is 1.37 bits per heavy atom. The molecule has 0 saturated heterocycles. The van der Waals surface area contributed by atoms with Crippen LogP contribution in [0.15, 0.2) is 29.4 Å². The van der Waals surface area contributed by atoms with Gasteiger partial charge in [-0.25, -0.2) is 5.43 Å². The van der Waals surface area contributed by atoms with Gasteiger partial charge in [-0.05, 0) is 24.6 Å². The summed E-state index contributed by atoms with van der Waals surface area (Å²) in [5, 5.41) is 6.13. The number of anilines is 1. The van der Waals surface area contributed by atoms with Crippen LogP contribution in [0.4, 0.5) is 5.69 Å². The van der Waals surface area contributed by atoms with Crippen LogP contribution in [-0.2, 0) is 9.59 Å². The number of carbonyl (C=O) groups excluding carboxylic acids is 2. The van der Waals surface area contributed by atoms with Gasteiger partial charge in [-0.3, -0.25) is 9.59 Å². The number of halogens is 1. The Balaban J connectivity index is 2.06. The first-order valence-corrected chi connectivity index (χ1v) is 6.40. The van der Waals surface area contributed by atoms with E-state index in [1.54, 1.807) is 19.1 Å². The minimum atomic E-state index is -0.572. The van der Waals surface area contributed by atoms with Gasteiger partial charge in [0.15, 0.2) is 0 Å². The Morgan fingerprint density at radius 2 is 2.05 bits per heavy atom. The molecule has 5 nitrogen and oxygen atoms in total. The fraction of sp³-hybridized carbons (Fsp3) is 0.308. The molecular weight excluding hydrogens is 266 g/mol. The number of hydrazone groups is 1. The second kappa shape index (κ2) is 5.84. The van der Waals surface area contributed by atoms with Crippen molar-refractivity contribution in [1.82, 2.24) is 5.43 Å². The fourth-order valence-electron chi connectivity index (χ4n) is 1.67. The van der Waals surface area contributed by atoms with E-state index in [0.29, 0.717) is 18.5 Å². The van der Waals surface area contributed by atoms with Crippen LogP contribution in [0.25, 0.3) is 0 Å².